The molecule has 1 aromatic heterocycles. The lowest BCUT2D eigenvalue weighted by Gasteiger charge is -2.13. The molecule has 0 aliphatic rings. The van der Waals surface area contributed by atoms with Crippen molar-refractivity contribution in [1.29, 1.82) is 0 Å². The van der Waals surface area contributed by atoms with Gasteiger partial charge in [0.1, 0.15) is 11.6 Å². The van der Waals surface area contributed by atoms with Crippen LogP contribution in [0.4, 0.5) is 8.78 Å². The van der Waals surface area contributed by atoms with Crippen molar-refractivity contribution in [3.05, 3.63) is 51.8 Å². The molecule has 3 nitrogen and oxygen atoms in total. The number of hydrogen-bond acceptors (Lipinski definition) is 2. The van der Waals surface area contributed by atoms with Gasteiger partial charge in [-0.1, -0.05) is 17.7 Å². The molecule has 0 aliphatic carbocycles. The summed E-state index contributed by atoms with van der Waals surface area (Å²) in [6.45, 7) is 1.79. The molecule has 2 aromatic rings. The number of rotatable bonds is 3. The second-order valence-corrected chi connectivity index (χ2v) is 4.82. The van der Waals surface area contributed by atoms with Crippen LogP contribution in [0, 0.1) is 18.6 Å². The lowest BCUT2D eigenvalue weighted by molar-refractivity contribution is 0.548. The van der Waals surface area contributed by atoms with E-state index in [0.717, 1.165) is 11.8 Å². The zero-order valence-electron chi connectivity index (χ0n) is 10.6. The molecule has 102 valence electrons. The van der Waals surface area contributed by atoms with Gasteiger partial charge >= 0.3 is 0 Å². The van der Waals surface area contributed by atoms with Gasteiger partial charge in [0.15, 0.2) is 0 Å². The molecule has 6 heteroatoms. The van der Waals surface area contributed by atoms with Crippen LogP contribution in [0.3, 0.4) is 0 Å². The minimum Gasteiger partial charge on any atom is -0.324 e. The van der Waals surface area contributed by atoms with Crippen LogP contribution in [0.2, 0.25) is 5.02 Å². The molecular weight excluding hydrogens is 272 g/mol. The van der Waals surface area contributed by atoms with Crippen molar-refractivity contribution in [3.8, 4) is 0 Å². The summed E-state index contributed by atoms with van der Waals surface area (Å²) < 4.78 is 28.1. The first-order chi connectivity index (χ1) is 8.90. The van der Waals surface area contributed by atoms with Gasteiger partial charge < -0.3 is 5.73 Å². The van der Waals surface area contributed by atoms with Crippen LogP contribution in [0.1, 0.15) is 23.0 Å². The third-order valence-electron chi connectivity index (χ3n) is 3.04. The number of nitrogens with zero attached hydrogens (tertiary/aromatic N) is 2. The standard InChI is InChI=1S/C13H14ClF2N3/c1-7-13(14)12(19(2)18-7)6-11(17)9-4-3-8(15)5-10(9)16/h3-5,11H,6,17H2,1-2H3. The van der Waals surface area contributed by atoms with Crippen LogP contribution in [-0.2, 0) is 13.5 Å². The first-order valence-electron chi connectivity index (χ1n) is 5.78. The SMILES string of the molecule is Cc1nn(C)c(CC(N)c2ccc(F)cc2F)c1Cl. The van der Waals surface area contributed by atoms with E-state index in [1.54, 1.807) is 18.7 Å². The molecule has 1 atom stereocenters. The van der Waals surface area contributed by atoms with Crippen molar-refractivity contribution in [2.24, 2.45) is 12.8 Å². The maximum atomic E-state index is 13.6. The molecule has 0 saturated carbocycles. The van der Waals surface area contributed by atoms with Gasteiger partial charge in [0, 0.05) is 31.1 Å². The second-order valence-electron chi connectivity index (χ2n) is 4.45. The Hall–Kier alpha value is -1.46. The van der Waals surface area contributed by atoms with Crippen molar-refractivity contribution in [3.63, 3.8) is 0 Å². The molecule has 0 fully saturated rings. The van der Waals surface area contributed by atoms with Gasteiger partial charge in [-0.15, -0.1) is 0 Å². The Morgan fingerprint density at radius 3 is 2.63 bits per heavy atom. The number of aromatic nitrogens is 2. The van der Waals surface area contributed by atoms with E-state index < -0.39 is 17.7 Å². The largest absolute Gasteiger partial charge is 0.324 e. The molecule has 0 bridgehead atoms. The monoisotopic (exact) mass is 285 g/mol. The minimum absolute atomic E-state index is 0.260. The summed E-state index contributed by atoms with van der Waals surface area (Å²) in [4.78, 5) is 0. The lowest BCUT2D eigenvalue weighted by Crippen LogP contribution is -2.17. The maximum Gasteiger partial charge on any atom is 0.130 e. The third kappa shape index (κ3) is 2.77. The molecule has 2 rings (SSSR count). The summed E-state index contributed by atoms with van der Waals surface area (Å²) in [7, 11) is 1.75. The number of nitrogens with two attached hydrogens (primary N) is 1. The summed E-state index contributed by atoms with van der Waals surface area (Å²) in [5.74, 6) is -1.27. The molecule has 1 unspecified atom stereocenters. The smallest absolute Gasteiger partial charge is 0.130 e. The summed E-state index contributed by atoms with van der Waals surface area (Å²) in [6, 6.07) is 2.76. The minimum atomic E-state index is -0.650. The first-order valence-corrected chi connectivity index (χ1v) is 6.16. The predicted molar refractivity (Wildman–Crippen MR) is 69.9 cm³/mol. The Morgan fingerprint density at radius 2 is 2.11 bits per heavy atom. The Balaban J connectivity index is 2.28. The van der Waals surface area contributed by atoms with Crippen LogP contribution in [0.25, 0.3) is 0 Å². The van der Waals surface area contributed by atoms with E-state index >= 15 is 0 Å². The molecule has 1 heterocycles. The van der Waals surface area contributed by atoms with Crippen molar-refractivity contribution in [2.45, 2.75) is 19.4 Å². The van der Waals surface area contributed by atoms with E-state index in [9.17, 15) is 8.78 Å². The fourth-order valence-electron chi connectivity index (χ4n) is 2.02. The van der Waals surface area contributed by atoms with Gasteiger partial charge in [-0.25, -0.2) is 8.78 Å². The molecule has 1 aromatic carbocycles. The maximum absolute atomic E-state index is 13.6. The molecule has 0 saturated heterocycles. The van der Waals surface area contributed by atoms with E-state index in [1.165, 1.54) is 12.1 Å². The molecule has 0 radical (unpaired) electrons. The second kappa shape index (κ2) is 5.27. The van der Waals surface area contributed by atoms with Gasteiger partial charge in [0.2, 0.25) is 0 Å². The first kappa shape index (κ1) is 14.0. The molecule has 2 N–H and O–H groups in total. The third-order valence-corrected chi connectivity index (χ3v) is 3.53. The van der Waals surface area contributed by atoms with Gasteiger partial charge in [0.05, 0.1) is 16.4 Å². The molecule has 0 spiro atoms. The van der Waals surface area contributed by atoms with Crippen molar-refractivity contribution >= 4 is 11.6 Å². The van der Waals surface area contributed by atoms with Crippen LogP contribution < -0.4 is 5.73 Å². The van der Waals surface area contributed by atoms with E-state index in [-0.39, 0.29) is 5.56 Å². The van der Waals surface area contributed by atoms with Gasteiger partial charge in [0.25, 0.3) is 0 Å². The van der Waals surface area contributed by atoms with E-state index in [0.29, 0.717) is 17.1 Å². The zero-order chi connectivity index (χ0) is 14.2. The van der Waals surface area contributed by atoms with Crippen molar-refractivity contribution < 1.29 is 8.78 Å². The summed E-state index contributed by atoms with van der Waals surface area (Å²) >= 11 is 6.12. The molecule has 0 aliphatic heterocycles. The van der Waals surface area contributed by atoms with E-state index in [2.05, 4.69) is 5.10 Å². The van der Waals surface area contributed by atoms with Crippen LogP contribution in [-0.4, -0.2) is 9.78 Å². The molecular formula is C13H14ClF2N3. The van der Waals surface area contributed by atoms with Gasteiger partial charge in [-0.2, -0.15) is 5.10 Å². The average Bonchev–Trinajstić information content (AvgIpc) is 2.56. The lowest BCUT2D eigenvalue weighted by atomic mass is 10.0. The Kier molecular flexibility index (Phi) is 3.87. The van der Waals surface area contributed by atoms with Crippen LogP contribution in [0.5, 0.6) is 0 Å². The van der Waals surface area contributed by atoms with E-state index in [4.69, 9.17) is 17.3 Å². The average molecular weight is 286 g/mol. The highest BCUT2D eigenvalue weighted by Crippen LogP contribution is 2.25. The fourth-order valence-corrected chi connectivity index (χ4v) is 2.26. The normalized spacial score (nSPS) is 12.7. The van der Waals surface area contributed by atoms with E-state index in [1.807, 2.05) is 0 Å². The summed E-state index contributed by atoms with van der Waals surface area (Å²) in [5.41, 5.74) is 7.66. The number of benzene rings is 1. The highest BCUT2D eigenvalue weighted by molar-refractivity contribution is 6.31. The summed E-state index contributed by atoms with van der Waals surface area (Å²) in [6.07, 6.45) is 0.332. The number of halogens is 3. The number of hydrogen-bond donors (Lipinski definition) is 1. The quantitative estimate of drug-likeness (QED) is 0.942. The van der Waals surface area contributed by atoms with Crippen LogP contribution in [0.15, 0.2) is 18.2 Å². The van der Waals surface area contributed by atoms with Crippen LogP contribution >= 0.6 is 11.6 Å². The Labute approximate surface area is 115 Å². The highest BCUT2D eigenvalue weighted by Gasteiger charge is 2.18. The molecule has 19 heavy (non-hydrogen) atoms. The van der Waals surface area contributed by atoms with Gasteiger partial charge in [-0.3, -0.25) is 4.68 Å². The highest BCUT2D eigenvalue weighted by atomic mass is 35.5. The summed E-state index contributed by atoms with van der Waals surface area (Å²) in [5, 5.41) is 4.70. The Morgan fingerprint density at radius 1 is 1.42 bits per heavy atom. The van der Waals surface area contributed by atoms with Gasteiger partial charge in [-0.05, 0) is 13.0 Å². The topological polar surface area (TPSA) is 43.8 Å². The predicted octanol–water partition coefficient (Wildman–Crippen LogP) is 2.90. The number of aryl methyl sites for hydroxylation is 2. The zero-order valence-corrected chi connectivity index (χ0v) is 11.4. The fraction of sp³-hybridized carbons (Fsp3) is 0.308. The molecule has 0 amide bonds. The van der Waals surface area contributed by atoms with Crippen molar-refractivity contribution in [2.75, 3.05) is 0 Å². The van der Waals surface area contributed by atoms with Crippen molar-refractivity contribution in [1.82, 2.24) is 9.78 Å². The Bertz CT molecular complexity index is 610.